The molecule has 17 heavy (non-hydrogen) atoms. The molecule has 94 valence electrons. The Hall–Kier alpha value is -1.20. The number of pyridine rings is 1. The van der Waals surface area contributed by atoms with E-state index < -0.39 is 0 Å². The fourth-order valence-electron chi connectivity index (χ4n) is 1.42. The molecule has 0 saturated carbocycles. The Bertz CT molecular complexity index is 383. The molecular formula is C12H18N2O2S. The molecule has 4 nitrogen and oxygen atoms in total. The van der Waals surface area contributed by atoms with E-state index in [0.29, 0.717) is 17.5 Å². The van der Waals surface area contributed by atoms with Crippen molar-refractivity contribution in [1.82, 2.24) is 4.98 Å². The van der Waals surface area contributed by atoms with Gasteiger partial charge in [-0.25, -0.2) is 4.98 Å². The van der Waals surface area contributed by atoms with E-state index in [1.807, 2.05) is 13.0 Å². The first-order valence-electron chi connectivity index (χ1n) is 5.65. The van der Waals surface area contributed by atoms with Gasteiger partial charge in [-0.1, -0.05) is 12.2 Å². The standard InChI is InChI=1S/C12H18N2O2S/c1-9-7-10(12(13)17)8-11(14-9)16-6-4-2-3-5-15/h7-8,15H,2-6H2,1H3,(H2,13,17). The van der Waals surface area contributed by atoms with Crippen molar-refractivity contribution in [3.05, 3.63) is 23.4 Å². The Morgan fingerprint density at radius 1 is 1.41 bits per heavy atom. The van der Waals surface area contributed by atoms with Crippen LogP contribution < -0.4 is 10.5 Å². The third-order valence-corrected chi connectivity index (χ3v) is 2.50. The number of hydrogen-bond acceptors (Lipinski definition) is 4. The topological polar surface area (TPSA) is 68.4 Å². The van der Waals surface area contributed by atoms with Crippen LogP contribution in [0, 0.1) is 6.92 Å². The van der Waals surface area contributed by atoms with E-state index in [0.717, 1.165) is 30.5 Å². The number of hydrogen-bond donors (Lipinski definition) is 2. The highest BCUT2D eigenvalue weighted by atomic mass is 32.1. The minimum atomic E-state index is 0.230. The molecule has 0 unspecified atom stereocenters. The highest BCUT2D eigenvalue weighted by Crippen LogP contribution is 2.13. The van der Waals surface area contributed by atoms with Gasteiger partial charge in [-0.15, -0.1) is 0 Å². The summed E-state index contributed by atoms with van der Waals surface area (Å²) in [6, 6.07) is 3.59. The third-order valence-electron chi connectivity index (χ3n) is 2.27. The second-order valence-electron chi connectivity index (χ2n) is 3.83. The highest BCUT2D eigenvalue weighted by molar-refractivity contribution is 7.80. The van der Waals surface area contributed by atoms with Gasteiger partial charge in [0.25, 0.3) is 0 Å². The maximum Gasteiger partial charge on any atom is 0.214 e. The van der Waals surface area contributed by atoms with E-state index in [4.69, 9.17) is 27.8 Å². The molecule has 1 aromatic rings. The van der Waals surface area contributed by atoms with Gasteiger partial charge in [-0.05, 0) is 32.3 Å². The monoisotopic (exact) mass is 254 g/mol. The van der Waals surface area contributed by atoms with E-state index in [1.54, 1.807) is 6.07 Å². The van der Waals surface area contributed by atoms with Crippen LogP contribution >= 0.6 is 12.2 Å². The minimum absolute atomic E-state index is 0.230. The predicted molar refractivity (Wildman–Crippen MR) is 71.3 cm³/mol. The third kappa shape index (κ3) is 5.10. The zero-order valence-corrected chi connectivity index (χ0v) is 10.8. The maximum absolute atomic E-state index is 8.64. The van der Waals surface area contributed by atoms with Gasteiger partial charge in [-0.2, -0.15) is 0 Å². The first kappa shape index (κ1) is 13.9. The predicted octanol–water partition coefficient (Wildman–Crippen LogP) is 1.57. The van der Waals surface area contributed by atoms with Crippen molar-refractivity contribution in [3.8, 4) is 5.88 Å². The fraction of sp³-hybridized carbons (Fsp3) is 0.500. The molecule has 1 rings (SSSR count). The van der Waals surface area contributed by atoms with Crippen molar-refractivity contribution in [1.29, 1.82) is 0 Å². The second kappa shape index (κ2) is 7.19. The molecule has 0 radical (unpaired) electrons. The summed E-state index contributed by atoms with van der Waals surface area (Å²) < 4.78 is 5.52. The van der Waals surface area contributed by atoms with Crippen molar-refractivity contribution in [2.45, 2.75) is 26.2 Å². The Morgan fingerprint density at radius 3 is 2.82 bits per heavy atom. The number of ether oxygens (including phenoxy) is 1. The molecule has 0 bridgehead atoms. The molecule has 0 aliphatic carbocycles. The molecule has 1 aromatic heterocycles. The number of nitrogens with zero attached hydrogens (tertiary/aromatic N) is 1. The number of aryl methyl sites for hydroxylation is 1. The fourth-order valence-corrected chi connectivity index (χ4v) is 1.54. The van der Waals surface area contributed by atoms with Crippen LogP contribution in [0.2, 0.25) is 0 Å². The summed E-state index contributed by atoms with van der Waals surface area (Å²) in [5, 5.41) is 8.64. The van der Waals surface area contributed by atoms with Crippen molar-refractivity contribution in [2.24, 2.45) is 5.73 Å². The van der Waals surface area contributed by atoms with Crippen molar-refractivity contribution < 1.29 is 9.84 Å². The van der Waals surface area contributed by atoms with Crippen molar-refractivity contribution in [2.75, 3.05) is 13.2 Å². The summed E-state index contributed by atoms with van der Waals surface area (Å²) in [6.07, 6.45) is 2.66. The summed E-state index contributed by atoms with van der Waals surface area (Å²) >= 11 is 4.92. The van der Waals surface area contributed by atoms with Crippen LogP contribution in [0.4, 0.5) is 0 Å². The first-order chi connectivity index (χ1) is 8.13. The van der Waals surface area contributed by atoms with Crippen LogP contribution in [-0.4, -0.2) is 28.3 Å². The van der Waals surface area contributed by atoms with E-state index in [2.05, 4.69) is 4.98 Å². The molecule has 0 amide bonds. The van der Waals surface area contributed by atoms with Crippen molar-refractivity contribution in [3.63, 3.8) is 0 Å². The molecule has 3 N–H and O–H groups in total. The summed E-state index contributed by atoms with van der Waals surface area (Å²) in [7, 11) is 0. The molecular weight excluding hydrogens is 236 g/mol. The highest BCUT2D eigenvalue weighted by Gasteiger charge is 2.03. The van der Waals surface area contributed by atoms with Crippen LogP contribution in [0.15, 0.2) is 12.1 Å². The molecule has 0 aromatic carbocycles. The van der Waals surface area contributed by atoms with E-state index in [-0.39, 0.29) is 6.61 Å². The van der Waals surface area contributed by atoms with E-state index >= 15 is 0 Å². The van der Waals surface area contributed by atoms with Gasteiger partial charge in [0.05, 0.1) is 6.61 Å². The summed E-state index contributed by atoms with van der Waals surface area (Å²) in [5.41, 5.74) is 7.18. The average Bonchev–Trinajstić information content (AvgIpc) is 2.28. The van der Waals surface area contributed by atoms with Crippen LogP contribution in [0.5, 0.6) is 5.88 Å². The van der Waals surface area contributed by atoms with E-state index in [1.165, 1.54) is 0 Å². The van der Waals surface area contributed by atoms with E-state index in [9.17, 15) is 0 Å². The SMILES string of the molecule is Cc1cc(C(N)=S)cc(OCCCCCO)n1. The Kier molecular flexibility index (Phi) is 5.86. The Balaban J connectivity index is 2.50. The van der Waals surface area contributed by atoms with Crippen LogP contribution in [-0.2, 0) is 0 Å². The minimum Gasteiger partial charge on any atom is -0.478 e. The second-order valence-corrected chi connectivity index (χ2v) is 4.27. The normalized spacial score (nSPS) is 10.2. The number of thiocarbonyl (C=S) groups is 1. The Morgan fingerprint density at radius 2 is 2.18 bits per heavy atom. The maximum atomic E-state index is 8.64. The van der Waals surface area contributed by atoms with Gasteiger partial charge >= 0.3 is 0 Å². The molecule has 0 fully saturated rings. The molecule has 1 heterocycles. The van der Waals surface area contributed by atoms with Gasteiger partial charge in [0, 0.05) is 23.9 Å². The molecule has 0 aliphatic heterocycles. The lowest BCUT2D eigenvalue weighted by Gasteiger charge is -2.07. The lowest BCUT2D eigenvalue weighted by molar-refractivity contribution is 0.262. The number of aromatic nitrogens is 1. The van der Waals surface area contributed by atoms with Gasteiger partial charge < -0.3 is 15.6 Å². The largest absolute Gasteiger partial charge is 0.478 e. The smallest absolute Gasteiger partial charge is 0.214 e. The summed E-state index contributed by atoms with van der Waals surface area (Å²) in [4.78, 5) is 4.60. The van der Waals surface area contributed by atoms with Crippen molar-refractivity contribution >= 4 is 17.2 Å². The zero-order valence-electron chi connectivity index (χ0n) is 9.98. The lowest BCUT2D eigenvalue weighted by Crippen LogP contribution is -2.11. The number of unbranched alkanes of at least 4 members (excludes halogenated alkanes) is 2. The number of aliphatic hydroxyl groups is 1. The molecule has 0 atom stereocenters. The quantitative estimate of drug-likeness (QED) is 0.571. The molecule has 0 saturated heterocycles. The van der Waals surface area contributed by atoms with Crippen LogP contribution in [0.25, 0.3) is 0 Å². The number of rotatable bonds is 7. The average molecular weight is 254 g/mol. The van der Waals surface area contributed by atoms with Crippen LogP contribution in [0.3, 0.4) is 0 Å². The van der Waals surface area contributed by atoms with Gasteiger partial charge in [0.1, 0.15) is 4.99 Å². The zero-order chi connectivity index (χ0) is 12.7. The van der Waals surface area contributed by atoms with Crippen LogP contribution in [0.1, 0.15) is 30.5 Å². The van der Waals surface area contributed by atoms with Gasteiger partial charge in [-0.3, -0.25) is 0 Å². The summed E-state index contributed by atoms with van der Waals surface area (Å²) in [5.74, 6) is 0.553. The van der Waals surface area contributed by atoms with Gasteiger partial charge in [0.2, 0.25) is 5.88 Å². The van der Waals surface area contributed by atoms with Gasteiger partial charge in [0.15, 0.2) is 0 Å². The first-order valence-corrected chi connectivity index (χ1v) is 6.06. The molecule has 0 aliphatic rings. The number of aliphatic hydroxyl groups excluding tert-OH is 1. The summed E-state index contributed by atoms with van der Waals surface area (Å²) in [6.45, 7) is 2.70. The molecule has 5 heteroatoms. The number of nitrogens with two attached hydrogens (primary N) is 1. The Labute approximate surface area is 107 Å². The molecule has 0 spiro atoms. The lowest BCUT2D eigenvalue weighted by atomic mass is 10.2.